The van der Waals surface area contributed by atoms with Crippen LogP contribution in [0.3, 0.4) is 0 Å². The van der Waals surface area contributed by atoms with Gasteiger partial charge in [-0.25, -0.2) is 13.1 Å². The van der Waals surface area contributed by atoms with E-state index in [0.29, 0.717) is 18.0 Å². The SMILES string of the molecule is CCCNS(=O)(=O)c1cccc(CNC)c1. The van der Waals surface area contributed by atoms with Crippen molar-refractivity contribution in [1.29, 1.82) is 0 Å². The highest BCUT2D eigenvalue weighted by molar-refractivity contribution is 7.89. The van der Waals surface area contributed by atoms with Crippen molar-refractivity contribution in [2.75, 3.05) is 13.6 Å². The molecule has 90 valence electrons. The monoisotopic (exact) mass is 242 g/mol. The highest BCUT2D eigenvalue weighted by Gasteiger charge is 2.12. The van der Waals surface area contributed by atoms with Crippen molar-refractivity contribution >= 4 is 10.0 Å². The highest BCUT2D eigenvalue weighted by Crippen LogP contribution is 2.11. The molecule has 0 heterocycles. The number of nitrogens with one attached hydrogen (secondary N) is 2. The van der Waals surface area contributed by atoms with E-state index in [1.54, 1.807) is 18.2 Å². The van der Waals surface area contributed by atoms with Crippen molar-refractivity contribution in [3.8, 4) is 0 Å². The number of hydrogen-bond acceptors (Lipinski definition) is 3. The molecule has 0 fully saturated rings. The molecule has 0 amide bonds. The fourth-order valence-electron chi connectivity index (χ4n) is 1.35. The Labute approximate surface area is 97.1 Å². The minimum Gasteiger partial charge on any atom is -0.316 e. The van der Waals surface area contributed by atoms with Gasteiger partial charge in [0.2, 0.25) is 10.0 Å². The highest BCUT2D eigenvalue weighted by atomic mass is 32.2. The van der Waals surface area contributed by atoms with E-state index < -0.39 is 10.0 Å². The van der Waals surface area contributed by atoms with E-state index in [0.717, 1.165) is 12.0 Å². The predicted octanol–water partition coefficient (Wildman–Crippen LogP) is 1.09. The first-order chi connectivity index (χ1) is 7.60. The van der Waals surface area contributed by atoms with Crippen LogP contribution in [0, 0.1) is 0 Å². The van der Waals surface area contributed by atoms with Gasteiger partial charge in [0.25, 0.3) is 0 Å². The van der Waals surface area contributed by atoms with Crippen molar-refractivity contribution in [2.45, 2.75) is 24.8 Å². The zero-order chi connectivity index (χ0) is 12.0. The summed E-state index contributed by atoms with van der Waals surface area (Å²) in [6.45, 7) is 3.07. The Morgan fingerprint density at radius 1 is 1.31 bits per heavy atom. The van der Waals surface area contributed by atoms with Crippen molar-refractivity contribution in [3.63, 3.8) is 0 Å². The van der Waals surface area contributed by atoms with Gasteiger partial charge in [-0.1, -0.05) is 19.1 Å². The molecule has 2 N–H and O–H groups in total. The Hall–Kier alpha value is -0.910. The van der Waals surface area contributed by atoms with Crippen LogP contribution in [-0.4, -0.2) is 22.0 Å². The average molecular weight is 242 g/mol. The summed E-state index contributed by atoms with van der Waals surface area (Å²) in [5, 5.41) is 2.99. The molecular weight excluding hydrogens is 224 g/mol. The van der Waals surface area contributed by atoms with Gasteiger partial charge in [0.15, 0.2) is 0 Å². The number of benzene rings is 1. The van der Waals surface area contributed by atoms with Gasteiger partial charge in [-0.15, -0.1) is 0 Å². The zero-order valence-electron chi connectivity index (χ0n) is 9.66. The summed E-state index contributed by atoms with van der Waals surface area (Å²) < 4.78 is 26.2. The van der Waals surface area contributed by atoms with Gasteiger partial charge in [0.1, 0.15) is 0 Å². The van der Waals surface area contributed by atoms with Crippen LogP contribution in [-0.2, 0) is 16.6 Å². The van der Waals surface area contributed by atoms with Gasteiger partial charge in [0.05, 0.1) is 4.90 Å². The molecule has 0 aliphatic carbocycles. The molecular formula is C11H18N2O2S. The maximum atomic E-state index is 11.8. The quantitative estimate of drug-likeness (QED) is 0.785. The fourth-order valence-corrected chi connectivity index (χ4v) is 2.55. The van der Waals surface area contributed by atoms with E-state index in [9.17, 15) is 8.42 Å². The summed E-state index contributed by atoms with van der Waals surface area (Å²) in [6, 6.07) is 6.95. The first kappa shape index (κ1) is 13.2. The lowest BCUT2D eigenvalue weighted by molar-refractivity contribution is 0.580. The third-order valence-corrected chi connectivity index (χ3v) is 3.59. The number of rotatable bonds is 6. The molecule has 0 radical (unpaired) electrons. The summed E-state index contributed by atoms with van der Waals surface area (Å²) in [6.07, 6.45) is 0.787. The van der Waals surface area contributed by atoms with Gasteiger partial charge in [-0.3, -0.25) is 0 Å². The van der Waals surface area contributed by atoms with Crippen LogP contribution in [0.4, 0.5) is 0 Å². The summed E-state index contributed by atoms with van der Waals surface area (Å²) in [7, 11) is -1.51. The minimum absolute atomic E-state index is 0.328. The topological polar surface area (TPSA) is 58.2 Å². The molecule has 1 aromatic carbocycles. The lowest BCUT2D eigenvalue weighted by Gasteiger charge is -2.07. The normalized spacial score (nSPS) is 11.6. The van der Waals surface area contributed by atoms with E-state index in [1.807, 2.05) is 20.0 Å². The molecule has 0 spiro atoms. The second kappa shape index (κ2) is 5.98. The lowest BCUT2D eigenvalue weighted by atomic mass is 10.2. The van der Waals surface area contributed by atoms with Crippen LogP contribution in [0.1, 0.15) is 18.9 Å². The first-order valence-corrected chi connectivity index (χ1v) is 6.81. The Balaban J connectivity index is 2.90. The molecule has 5 heteroatoms. The van der Waals surface area contributed by atoms with E-state index in [-0.39, 0.29) is 0 Å². The van der Waals surface area contributed by atoms with Crippen LogP contribution >= 0.6 is 0 Å². The molecule has 0 atom stereocenters. The number of sulfonamides is 1. The summed E-state index contributed by atoms with van der Waals surface area (Å²) in [5.74, 6) is 0. The van der Waals surface area contributed by atoms with Crippen LogP contribution < -0.4 is 10.0 Å². The van der Waals surface area contributed by atoms with Gasteiger partial charge in [-0.2, -0.15) is 0 Å². The van der Waals surface area contributed by atoms with E-state index in [4.69, 9.17) is 0 Å². The van der Waals surface area contributed by atoms with Crippen molar-refractivity contribution in [2.24, 2.45) is 0 Å². The standard InChI is InChI=1S/C11H18N2O2S/c1-3-7-13-16(14,15)11-6-4-5-10(8-11)9-12-2/h4-6,8,12-13H,3,7,9H2,1-2H3. The maximum Gasteiger partial charge on any atom is 0.240 e. The molecule has 0 aliphatic rings. The predicted molar refractivity (Wildman–Crippen MR) is 64.7 cm³/mol. The third-order valence-electron chi connectivity index (χ3n) is 2.13. The fraction of sp³-hybridized carbons (Fsp3) is 0.455. The Morgan fingerprint density at radius 3 is 2.69 bits per heavy atom. The van der Waals surface area contributed by atoms with E-state index >= 15 is 0 Å². The van der Waals surface area contributed by atoms with Gasteiger partial charge < -0.3 is 5.32 Å². The van der Waals surface area contributed by atoms with Crippen molar-refractivity contribution < 1.29 is 8.42 Å². The molecule has 0 saturated carbocycles. The Bertz CT molecular complexity index is 429. The van der Waals surface area contributed by atoms with Gasteiger partial charge >= 0.3 is 0 Å². The second-order valence-corrected chi connectivity index (χ2v) is 5.34. The molecule has 0 aliphatic heterocycles. The van der Waals surface area contributed by atoms with Crippen LogP contribution in [0.2, 0.25) is 0 Å². The second-order valence-electron chi connectivity index (χ2n) is 3.58. The van der Waals surface area contributed by atoms with Crippen LogP contribution in [0.5, 0.6) is 0 Å². The zero-order valence-corrected chi connectivity index (χ0v) is 10.5. The van der Waals surface area contributed by atoms with Crippen molar-refractivity contribution in [1.82, 2.24) is 10.0 Å². The molecule has 0 bridgehead atoms. The van der Waals surface area contributed by atoms with Gasteiger partial charge in [-0.05, 0) is 31.2 Å². The van der Waals surface area contributed by atoms with Crippen LogP contribution in [0.15, 0.2) is 29.2 Å². The molecule has 0 unspecified atom stereocenters. The summed E-state index contributed by atoms with van der Waals surface area (Å²) in [4.78, 5) is 0.328. The summed E-state index contributed by atoms with van der Waals surface area (Å²) in [5.41, 5.74) is 0.960. The molecule has 0 saturated heterocycles. The smallest absolute Gasteiger partial charge is 0.240 e. The van der Waals surface area contributed by atoms with E-state index in [2.05, 4.69) is 10.0 Å². The number of hydrogen-bond donors (Lipinski definition) is 2. The minimum atomic E-state index is -3.34. The molecule has 4 nitrogen and oxygen atoms in total. The summed E-state index contributed by atoms with van der Waals surface area (Å²) >= 11 is 0. The van der Waals surface area contributed by atoms with E-state index in [1.165, 1.54) is 0 Å². The molecule has 0 aromatic heterocycles. The lowest BCUT2D eigenvalue weighted by Crippen LogP contribution is -2.24. The largest absolute Gasteiger partial charge is 0.316 e. The van der Waals surface area contributed by atoms with Crippen LogP contribution in [0.25, 0.3) is 0 Å². The molecule has 1 rings (SSSR count). The third kappa shape index (κ3) is 3.59. The average Bonchev–Trinajstić information content (AvgIpc) is 2.27. The molecule has 1 aromatic rings. The van der Waals surface area contributed by atoms with Gasteiger partial charge in [0, 0.05) is 13.1 Å². The maximum absolute atomic E-state index is 11.8. The first-order valence-electron chi connectivity index (χ1n) is 5.33. The Kier molecular flexibility index (Phi) is 4.92. The molecule has 16 heavy (non-hydrogen) atoms. The van der Waals surface area contributed by atoms with Crippen molar-refractivity contribution in [3.05, 3.63) is 29.8 Å². The Morgan fingerprint density at radius 2 is 2.06 bits per heavy atom.